The Labute approximate surface area is 107 Å². The summed E-state index contributed by atoms with van der Waals surface area (Å²) in [4.78, 5) is 14.3. The van der Waals surface area contributed by atoms with E-state index < -0.39 is 5.97 Å². The summed E-state index contributed by atoms with van der Waals surface area (Å²) in [6.45, 7) is 1.90. The molecule has 1 fully saturated rings. The molecule has 1 atom stereocenters. The monoisotopic (exact) mass is 303 g/mol. The highest BCUT2D eigenvalue weighted by Gasteiger charge is 2.26. The summed E-state index contributed by atoms with van der Waals surface area (Å²) in [5.41, 5.74) is 0. The second kappa shape index (κ2) is 5.29. The van der Waals surface area contributed by atoms with E-state index in [1.807, 2.05) is 6.07 Å². The fourth-order valence-corrected chi connectivity index (χ4v) is 3.68. The molecule has 1 aliphatic heterocycles. The molecule has 5 heteroatoms. The molecule has 1 saturated heterocycles. The van der Waals surface area contributed by atoms with Gasteiger partial charge >= 0.3 is 5.97 Å². The summed E-state index contributed by atoms with van der Waals surface area (Å²) in [6, 6.07) is 4.37. The van der Waals surface area contributed by atoms with Crippen LogP contribution in [0.2, 0.25) is 0 Å². The molecule has 1 aliphatic rings. The standard InChI is InChI=1S/C11H14BrNO2S/c12-10-4-3-9(16-10)7-13-5-1-2-8(13)6-11(14)15/h3-4,8H,1-2,5-7H2,(H,14,15). The highest BCUT2D eigenvalue weighted by atomic mass is 79.9. The summed E-state index contributed by atoms with van der Waals surface area (Å²) in [5.74, 6) is -0.690. The summed E-state index contributed by atoms with van der Waals surface area (Å²) in [7, 11) is 0. The van der Waals surface area contributed by atoms with Crippen molar-refractivity contribution >= 4 is 33.2 Å². The van der Waals surface area contributed by atoms with E-state index in [0.717, 1.165) is 29.7 Å². The first-order chi connectivity index (χ1) is 7.65. The lowest BCUT2D eigenvalue weighted by atomic mass is 10.1. The van der Waals surface area contributed by atoms with E-state index in [1.54, 1.807) is 11.3 Å². The second-order valence-electron chi connectivity index (χ2n) is 4.07. The van der Waals surface area contributed by atoms with Crippen molar-refractivity contribution in [3.8, 4) is 0 Å². The van der Waals surface area contributed by atoms with Crippen molar-refractivity contribution < 1.29 is 9.90 Å². The van der Waals surface area contributed by atoms with Gasteiger partial charge in [-0.25, -0.2) is 0 Å². The van der Waals surface area contributed by atoms with E-state index >= 15 is 0 Å². The molecule has 0 aliphatic carbocycles. The number of carboxylic acid groups (broad SMARTS) is 1. The van der Waals surface area contributed by atoms with Gasteiger partial charge in [0.15, 0.2) is 0 Å². The van der Waals surface area contributed by atoms with E-state index in [4.69, 9.17) is 5.11 Å². The van der Waals surface area contributed by atoms with Gasteiger partial charge in [-0.1, -0.05) is 0 Å². The second-order valence-corrected chi connectivity index (χ2v) is 6.62. The molecule has 1 aromatic rings. The quantitative estimate of drug-likeness (QED) is 0.930. The Hall–Kier alpha value is -0.390. The minimum Gasteiger partial charge on any atom is -0.481 e. The number of carboxylic acids is 1. The Balaban J connectivity index is 1.95. The van der Waals surface area contributed by atoms with Crippen LogP contribution in [0.4, 0.5) is 0 Å². The molecular weight excluding hydrogens is 290 g/mol. The van der Waals surface area contributed by atoms with Crippen molar-refractivity contribution in [2.75, 3.05) is 6.54 Å². The number of nitrogens with zero attached hydrogens (tertiary/aromatic N) is 1. The Kier molecular flexibility index (Phi) is 4.00. The van der Waals surface area contributed by atoms with Crippen LogP contribution in [-0.2, 0) is 11.3 Å². The van der Waals surface area contributed by atoms with Crippen molar-refractivity contribution in [3.63, 3.8) is 0 Å². The van der Waals surface area contributed by atoms with Crippen LogP contribution in [-0.4, -0.2) is 28.6 Å². The minimum absolute atomic E-state index is 0.221. The molecular formula is C11H14BrNO2S. The van der Waals surface area contributed by atoms with Crippen LogP contribution in [0.1, 0.15) is 24.1 Å². The van der Waals surface area contributed by atoms with E-state index in [2.05, 4.69) is 26.9 Å². The Bertz CT molecular complexity index is 380. The SMILES string of the molecule is O=C(O)CC1CCCN1Cc1ccc(Br)s1. The molecule has 0 amide bonds. The maximum atomic E-state index is 10.7. The average molecular weight is 304 g/mol. The highest BCUT2D eigenvalue weighted by molar-refractivity contribution is 9.11. The topological polar surface area (TPSA) is 40.5 Å². The average Bonchev–Trinajstić information content (AvgIpc) is 2.77. The van der Waals surface area contributed by atoms with Gasteiger partial charge < -0.3 is 5.11 Å². The molecule has 2 rings (SSSR count). The number of carbonyl (C=O) groups is 1. The lowest BCUT2D eigenvalue weighted by Crippen LogP contribution is -2.30. The van der Waals surface area contributed by atoms with Gasteiger partial charge in [0, 0.05) is 17.5 Å². The van der Waals surface area contributed by atoms with Crippen LogP contribution in [0.15, 0.2) is 15.9 Å². The molecule has 1 N–H and O–H groups in total. The van der Waals surface area contributed by atoms with Crippen LogP contribution in [0.3, 0.4) is 0 Å². The molecule has 3 nitrogen and oxygen atoms in total. The largest absolute Gasteiger partial charge is 0.481 e. The van der Waals surface area contributed by atoms with Crippen molar-refractivity contribution in [2.45, 2.75) is 31.8 Å². The van der Waals surface area contributed by atoms with E-state index in [1.165, 1.54) is 4.88 Å². The number of rotatable bonds is 4. The van der Waals surface area contributed by atoms with Gasteiger partial charge in [0.1, 0.15) is 0 Å². The molecule has 0 spiro atoms. The number of hydrogen-bond donors (Lipinski definition) is 1. The molecule has 1 aromatic heterocycles. The Morgan fingerprint density at radius 1 is 1.62 bits per heavy atom. The summed E-state index contributed by atoms with van der Waals surface area (Å²) >= 11 is 5.17. The number of likely N-dealkylation sites (tertiary alicyclic amines) is 1. The Morgan fingerprint density at radius 2 is 2.44 bits per heavy atom. The highest BCUT2D eigenvalue weighted by Crippen LogP contribution is 2.27. The smallest absolute Gasteiger partial charge is 0.304 e. The summed E-state index contributed by atoms with van der Waals surface area (Å²) in [5, 5.41) is 8.83. The third kappa shape index (κ3) is 3.06. The fourth-order valence-electron chi connectivity index (χ4n) is 2.17. The number of thiophene rings is 1. The summed E-state index contributed by atoms with van der Waals surface area (Å²) in [6.07, 6.45) is 2.40. The van der Waals surface area contributed by atoms with Crippen LogP contribution < -0.4 is 0 Å². The zero-order valence-electron chi connectivity index (χ0n) is 8.86. The Morgan fingerprint density at radius 3 is 3.06 bits per heavy atom. The van der Waals surface area contributed by atoms with Gasteiger partial charge in [-0.3, -0.25) is 9.69 Å². The number of aliphatic carboxylic acids is 1. The lowest BCUT2D eigenvalue weighted by Gasteiger charge is -2.22. The lowest BCUT2D eigenvalue weighted by molar-refractivity contribution is -0.138. The maximum Gasteiger partial charge on any atom is 0.304 e. The summed E-state index contributed by atoms with van der Waals surface area (Å²) < 4.78 is 1.14. The van der Waals surface area contributed by atoms with Crippen LogP contribution in [0.25, 0.3) is 0 Å². The zero-order chi connectivity index (χ0) is 11.5. The number of halogens is 1. The van der Waals surface area contributed by atoms with Gasteiger partial charge in [-0.15, -0.1) is 11.3 Å². The predicted octanol–water partition coefficient (Wildman–Crippen LogP) is 2.95. The number of hydrogen-bond acceptors (Lipinski definition) is 3. The molecule has 16 heavy (non-hydrogen) atoms. The zero-order valence-corrected chi connectivity index (χ0v) is 11.3. The first kappa shape index (κ1) is 12.1. The van der Waals surface area contributed by atoms with Gasteiger partial charge in [-0.05, 0) is 47.4 Å². The van der Waals surface area contributed by atoms with Gasteiger partial charge in [0.25, 0.3) is 0 Å². The first-order valence-electron chi connectivity index (χ1n) is 5.35. The predicted molar refractivity (Wildman–Crippen MR) is 67.7 cm³/mol. The molecule has 0 aromatic carbocycles. The third-order valence-corrected chi connectivity index (χ3v) is 4.51. The molecule has 0 bridgehead atoms. The maximum absolute atomic E-state index is 10.7. The minimum atomic E-state index is -0.690. The normalized spacial score (nSPS) is 21.4. The van der Waals surface area contributed by atoms with E-state index in [9.17, 15) is 4.79 Å². The molecule has 0 saturated carbocycles. The molecule has 0 radical (unpaired) electrons. The van der Waals surface area contributed by atoms with Crippen LogP contribution >= 0.6 is 27.3 Å². The van der Waals surface area contributed by atoms with Crippen molar-refractivity contribution in [2.24, 2.45) is 0 Å². The first-order valence-corrected chi connectivity index (χ1v) is 6.96. The third-order valence-electron chi connectivity index (χ3n) is 2.90. The van der Waals surface area contributed by atoms with Crippen LogP contribution in [0, 0.1) is 0 Å². The van der Waals surface area contributed by atoms with Gasteiger partial charge in [0.2, 0.25) is 0 Å². The van der Waals surface area contributed by atoms with E-state index in [0.29, 0.717) is 0 Å². The van der Waals surface area contributed by atoms with Gasteiger partial charge in [0.05, 0.1) is 10.2 Å². The van der Waals surface area contributed by atoms with Gasteiger partial charge in [-0.2, -0.15) is 0 Å². The van der Waals surface area contributed by atoms with E-state index in [-0.39, 0.29) is 12.5 Å². The molecule has 2 heterocycles. The van der Waals surface area contributed by atoms with Crippen molar-refractivity contribution in [3.05, 3.63) is 20.8 Å². The fraction of sp³-hybridized carbons (Fsp3) is 0.545. The molecule has 88 valence electrons. The molecule has 1 unspecified atom stereocenters. The van der Waals surface area contributed by atoms with Crippen LogP contribution in [0.5, 0.6) is 0 Å². The van der Waals surface area contributed by atoms with Crippen molar-refractivity contribution in [1.82, 2.24) is 4.90 Å². The van der Waals surface area contributed by atoms with Crippen molar-refractivity contribution in [1.29, 1.82) is 0 Å².